The molecule has 108 valence electrons. The third kappa shape index (κ3) is 3.08. The van der Waals surface area contributed by atoms with Gasteiger partial charge in [0.2, 0.25) is 0 Å². The molecule has 1 saturated heterocycles. The first-order valence-electron chi connectivity index (χ1n) is 7.01. The SMILES string of the molecule is O=C(Nc1ccccc1N1CCCC1)c1cccnc1Br. The molecule has 2 aromatic rings. The van der Waals surface area contributed by atoms with Gasteiger partial charge in [0.15, 0.2) is 0 Å². The minimum absolute atomic E-state index is 0.151. The maximum Gasteiger partial charge on any atom is 0.258 e. The fraction of sp³-hybridized carbons (Fsp3) is 0.250. The molecule has 3 rings (SSSR count). The lowest BCUT2D eigenvalue weighted by Gasteiger charge is -2.21. The van der Waals surface area contributed by atoms with Crippen molar-refractivity contribution in [3.05, 3.63) is 52.8 Å². The van der Waals surface area contributed by atoms with Crippen LogP contribution in [-0.4, -0.2) is 24.0 Å². The third-order valence-electron chi connectivity index (χ3n) is 3.60. The predicted molar refractivity (Wildman–Crippen MR) is 87.8 cm³/mol. The Kier molecular flexibility index (Phi) is 4.20. The van der Waals surface area contributed by atoms with E-state index in [0.717, 1.165) is 24.5 Å². The van der Waals surface area contributed by atoms with E-state index in [1.165, 1.54) is 12.8 Å². The number of carbonyl (C=O) groups excluding carboxylic acids is 1. The Labute approximate surface area is 132 Å². The van der Waals surface area contributed by atoms with E-state index in [2.05, 4.69) is 37.2 Å². The Morgan fingerprint density at radius 3 is 2.67 bits per heavy atom. The van der Waals surface area contributed by atoms with Gasteiger partial charge < -0.3 is 10.2 Å². The maximum absolute atomic E-state index is 12.4. The molecule has 0 bridgehead atoms. The Hall–Kier alpha value is -1.88. The van der Waals surface area contributed by atoms with Crippen molar-refractivity contribution in [1.29, 1.82) is 0 Å². The summed E-state index contributed by atoms with van der Waals surface area (Å²) in [6.45, 7) is 2.09. The van der Waals surface area contributed by atoms with Crippen molar-refractivity contribution in [3.63, 3.8) is 0 Å². The summed E-state index contributed by atoms with van der Waals surface area (Å²) in [5, 5.41) is 2.99. The molecule has 1 amide bonds. The Morgan fingerprint density at radius 2 is 1.90 bits per heavy atom. The second kappa shape index (κ2) is 6.26. The number of hydrogen-bond acceptors (Lipinski definition) is 3. The molecule has 2 heterocycles. The second-order valence-electron chi connectivity index (χ2n) is 5.01. The third-order valence-corrected chi connectivity index (χ3v) is 4.23. The molecule has 4 nitrogen and oxygen atoms in total. The Balaban J connectivity index is 1.85. The van der Waals surface area contributed by atoms with Gasteiger partial charge in [-0.3, -0.25) is 4.79 Å². The van der Waals surface area contributed by atoms with Crippen LogP contribution in [0, 0.1) is 0 Å². The highest BCUT2D eigenvalue weighted by Crippen LogP contribution is 2.29. The van der Waals surface area contributed by atoms with Crippen molar-refractivity contribution in [2.24, 2.45) is 0 Å². The van der Waals surface area contributed by atoms with Gasteiger partial charge in [-0.05, 0) is 53.0 Å². The summed E-state index contributed by atoms with van der Waals surface area (Å²) in [5.41, 5.74) is 2.47. The molecule has 5 heteroatoms. The van der Waals surface area contributed by atoms with Crippen LogP contribution in [0.2, 0.25) is 0 Å². The van der Waals surface area contributed by atoms with E-state index in [-0.39, 0.29) is 5.91 Å². The molecular weight excluding hydrogens is 330 g/mol. The standard InChI is InChI=1S/C16H16BrN3O/c17-15-12(6-5-9-18-15)16(21)19-13-7-1-2-8-14(13)20-10-3-4-11-20/h1-2,5-9H,3-4,10-11H2,(H,19,21). The highest BCUT2D eigenvalue weighted by Gasteiger charge is 2.17. The molecule has 21 heavy (non-hydrogen) atoms. The van der Waals surface area contributed by atoms with Crippen LogP contribution in [0.5, 0.6) is 0 Å². The van der Waals surface area contributed by atoms with Crippen LogP contribution in [0.1, 0.15) is 23.2 Å². The number of pyridine rings is 1. The molecule has 0 saturated carbocycles. The van der Waals surface area contributed by atoms with Gasteiger partial charge in [0.1, 0.15) is 4.60 Å². The monoisotopic (exact) mass is 345 g/mol. The van der Waals surface area contributed by atoms with Gasteiger partial charge in [-0.15, -0.1) is 0 Å². The minimum atomic E-state index is -0.151. The number of para-hydroxylation sites is 2. The van der Waals surface area contributed by atoms with Crippen molar-refractivity contribution >= 4 is 33.2 Å². The largest absolute Gasteiger partial charge is 0.370 e. The van der Waals surface area contributed by atoms with Crippen molar-refractivity contribution < 1.29 is 4.79 Å². The molecule has 1 aliphatic heterocycles. The molecule has 1 aliphatic rings. The summed E-state index contributed by atoms with van der Waals surface area (Å²) < 4.78 is 0.557. The number of rotatable bonds is 3. The highest BCUT2D eigenvalue weighted by atomic mass is 79.9. The van der Waals surface area contributed by atoms with E-state index in [0.29, 0.717) is 10.2 Å². The number of nitrogens with one attached hydrogen (secondary N) is 1. The average molecular weight is 346 g/mol. The van der Waals surface area contributed by atoms with Gasteiger partial charge in [-0.2, -0.15) is 0 Å². The molecule has 1 aromatic carbocycles. The van der Waals surface area contributed by atoms with Crippen molar-refractivity contribution in [2.75, 3.05) is 23.3 Å². The average Bonchev–Trinajstić information content (AvgIpc) is 3.02. The van der Waals surface area contributed by atoms with Crippen LogP contribution >= 0.6 is 15.9 Å². The van der Waals surface area contributed by atoms with E-state index in [1.54, 1.807) is 18.3 Å². The van der Waals surface area contributed by atoms with Gasteiger partial charge in [-0.25, -0.2) is 4.98 Å². The minimum Gasteiger partial charge on any atom is -0.370 e. The summed E-state index contributed by atoms with van der Waals surface area (Å²) in [6, 6.07) is 11.4. The summed E-state index contributed by atoms with van der Waals surface area (Å²) in [4.78, 5) is 18.8. The molecule has 1 aromatic heterocycles. The lowest BCUT2D eigenvalue weighted by molar-refractivity contribution is 0.102. The fourth-order valence-corrected chi connectivity index (χ4v) is 2.99. The number of benzene rings is 1. The predicted octanol–water partition coefficient (Wildman–Crippen LogP) is 3.70. The molecular formula is C16H16BrN3O. The number of aromatic nitrogens is 1. The molecule has 1 fully saturated rings. The van der Waals surface area contributed by atoms with E-state index in [9.17, 15) is 4.79 Å². The van der Waals surface area contributed by atoms with Crippen molar-refractivity contribution in [2.45, 2.75) is 12.8 Å². The van der Waals surface area contributed by atoms with Gasteiger partial charge in [0.05, 0.1) is 16.9 Å². The second-order valence-corrected chi connectivity index (χ2v) is 5.76. The first kappa shape index (κ1) is 14.1. The van der Waals surface area contributed by atoms with E-state index < -0.39 is 0 Å². The fourth-order valence-electron chi connectivity index (χ4n) is 2.56. The number of halogens is 1. The maximum atomic E-state index is 12.4. The number of hydrogen-bond donors (Lipinski definition) is 1. The van der Waals surface area contributed by atoms with E-state index in [1.807, 2.05) is 18.2 Å². The van der Waals surface area contributed by atoms with Gasteiger partial charge in [0.25, 0.3) is 5.91 Å². The molecule has 0 aliphatic carbocycles. The molecule has 0 atom stereocenters. The summed E-state index contributed by atoms with van der Waals surface area (Å²) in [7, 11) is 0. The molecule has 0 radical (unpaired) electrons. The van der Waals surface area contributed by atoms with Gasteiger partial charge in [-0.1, -0.05) is 12.1 Å². The van der Waals surface area contributed by atoms with Crippen molar-refractivity contribution in [1.82, 2.24) is 4.98 Å². The van der Waals surface area contributed by atoms with E-state index in [4.69, 9.17) is 0 Å². The van der Waals surface area contributed by atoms with Crippen LogP contribution in [0.3, 0.4) is 0 Å². The highest BCUT2D eigenvalue weighted by molar-refractivity contribution is 9.10. The van der Waals surface area contributed by atoms with Crippen LogP contribution in [-0.2, 0) is 0 Å². The van der Waals surface area contributed by atoms with Crippen LogP contribution in [0.25, 0.3) is 0 Å². The van der Waals surface area contributed by atoms with Gasteiger partial charge in [0, 0.05) is 19.3 Å². The topological polar surface area (TPSA) is 45.2 Å². The molecule has 1 N–H and O–H groups in total. The number of anilines is 2. The summed E-state index contributed by atoms with van der Waals surface area (Å²) in [6.07, 6.45) is 4.06. The first-order valence-corrected chi connectivity index (χ1v) is 7.81. The number of nitrogens with zero attached hydrogens (tertiary/aromatic N) is 2. The Morgan fingerprint density at radius 1 is 1.14 bits per heavy atom. The molecule has 0 spiro atoms. The lowest BCUT2D eigenvalue weighted by atomic mass is 10.2. The normalized spacial score (nSPS) is 14.2. The van der Waals surface area contributed by atoms with Crippen LogP contribution in [0.4, 0.5) is 11.4 Å². The Bertz CT molecular complexity index is 653. The summed E-state index contributed by atoms with van der Waals surface area (Å²) in [5.74, 6) is -0.151. The zero-order valence-corrected chi connectivity index (χ0v) is 13.1. The number of amides is 1. The lowest BCUT2D eigenvalue weighted by Crippen LogP contribution is -2.21. The smallest absolute Gasteiger partial charge is 0.258 e. The zero-order valence-electron chi connectivity index (χ0n) is 11.6. The zero-order chi connectivity index (χ0) is 14.7. The van der Waals surface area contributed by atoms with Crippen molar-refractivity contribution in [3.8, 4) is 0 Å². The number of carbonyl (C=O) groups is 1. The molecule has 0 unspecified atom stereocenters. The van der Waals surface area contributed by atoms with Gasteiger partial charge >= 0.3 is 0 Å². The summed E-state index contributed by atoms with van der Waals surface area (Å²) >= 11 is 3.31. The van der Waals surface area contributed by atoms with Crippen LogP contribution in [0.15, 0.2) is 47.2 Å². The first-order chi connectivity index (χ1) is 10.3. The van der Waals surface area contributed by atoms with E-state index >= 15 is 0 Å². The quantitative estimate of drug-likeness (QED) is 0.862. The van der Waals surface area contributed by atoms with Crippen LogP contribution < -0.4 is 10.2 Å².